The lowest BCUT2D eigenvalue weighted by Crippen LogP contribution is -2.31. The summed E-state index contributed by atoms with van der Waals surface area (Å²) in [7, 11) is 0. The molecule has 0 unspecified atom stereocenters. The molecule has 22 heavy (non-hydrogen) atoms. The molecule has 2 aromatic carbocycles. The average Bonchev–Trinajstić information content (AvgIpc) is 2.50. The minimum absolute atomic E-state index is 0.0565. The summed E-state index contributed by atoms with van der Waals surface area (Å²) in [6.07, 6.45) is 0.336. The van der Waals surface area contributed by atoms with Crippen LogP contribution in [0.4, 0.5) is 11.4 Å². The molecule has 4 nitrogen and oxygen atoms in total. The van der Waals surface area contributed by atoms with Gasteiger partial charge in [0.1, 0.15) is 0 Å². The van der Waals surface area contributed by atoms with Gasteiger partial charge in [-0.05, 0) is 36.8 Å². The third kappa shape index (κ3) is 4.19. The van der Waals surface area contributed by atoms with E-state index in [1.807, 2.05) is 61.5 Å². The maximum absolute atomic E-state index is 12.5. The van der Waals surface area contributed by atoms with Gasteiger partial charge in [0.15, 0.2) is 0 Å². The predicted molar refractivity (Wildman–Crippen MR) is 88.9 cm³/mol. The smallest absolute Gasteiger partial charge is 0.231 e. The molecule has 0 aliphatic carbocycles. The zero-order valence-corrected chi connectivity index (χ0v) is 12.9. The Bertz CT molecular complexity index is 636. The molecule has 114 valence electrons. The molecule has 2 amide bonds. The fraction of sp³-hybridized carbons (Fsp3) is 0.222. The summed E-state index contributed by atoms with van der Waals surface area (Å²) in [5, 5.41) is 2.71. The Morgan fingerprint density at radius 3 is 2.18 bits per heavy atom. The highest BCUT2D eigenvalue weighted by Crippen LogP contribution is 2.16. The van der Waals surface area contributed by atoms with Gasteiger partial charge >= 0.3 is 0 Å². The Balaban J connectivity index is 2.05. The highest BCUT2D eigenvalue weighted by atomic mass is 16.2. The van der Waals surface area contributed by atoms with Crippen molar-refractivity contribution in [2.45, 2.75) is 20.3 Å². The Morgan fingerprint density at radius 1 is 1.00 bits per heavy atom. The number of para-hydroxylation sites is 1. The largest absolute Gasteiger partial charge is 0.326 e. The van der Waals surface area contributed by atoms with Crippen molar-refractivity contribution in [1.29, 1.82) is 0 Å². The molecule has 0 atom stereocenters. The van der Waals surface area contributed by atoms with Gasteiger partial charge in [-0.3, -0.25) is 9.59 Å². The lowest BCUT2D eigenvalue weighted by molar-refractivity contribution is -0.118. The Labute approximate surface area is 130 Å². The van der Waals surface area contributed by atoms with Crippen LogP contribution >= 0.6 is 0 Å². The zero-order chi connectivity index (χ0) is 15.9. The van der Waals surface area contributed by atoms with Gasteiger partial charge < -0.3 is 10.2 Å². The summed E-state index contributed by atoms with van der Waals surface area (Å²) in [5.74, 6) is -0.0500. The molecular weight excluding hydrogens is 276 g/mol. The van der Waals surface area contributed by atoms with Gasteiger partial charge in [0.2, 0.25) is 11.8 Å². The number of anilines is 2. The number of rotatable bonds is 5. The molecule has 0 spiro atoms. The number of benzene rings is 2. The van der Waals surface area contributed by atoms with Crippen LogP contribution in [-0.2, 0) is 16.0 Å². The predicted octanol–water partition coefficient (Wildman–Crippen LogP) is 3.24. The quantitative estimate of drug-likeness (QED) is 0.921. The molecule has 0 aromatic heterocycles. The van der Waals surface area contributed by atoms with Crippen molar-refractivity contribution < 1.29 is 9.59 Å². The molecule has 0 saturated carbocycles. The van der Waals surface area contributed by atoms with Crippen LogP contribution in [-0.4, -0.2) is 18.4 Å². The first-order valence-corrected chi connectivity index (χ1v) is 7.32. The van der Waals surface area contributed by atoms with Crippen LogP contribution in [0.3, 0.4) is 0 Å². The Hall–Kier alpha value is -2.62. The van der Waals surface area contributed by atoms with Crippen LogP contribution in [0.5, 0.6) is 0 Å². The van der Waals surface area contributed by atoms with Gasteiger partial charge in [-0.25, -0.2) is 0 Å². The van der Waals surface area contributed by atoms with Crippen molar-refractivity contribution in [2.75, 3.05) is 16.8 Å². The molecule has 0 radical (unpaired) electrons. The molecule has 0 fully saturated rings. The van der Waals surface area contributed by atoms with Crippen LogP contribution in [0, 0.1) is 0 Å². The van der Waals surface area contributed by atoms with Crippen LogP contribution < -0.4 is 10.2 Å². The van der Waals surface area contributed by atoms with Gasteiger partial charge in [0.05, 0.1) is 6.42 Å². The van der Waals surface area contributed by atoms with Crippen molar-refractivity contribution >= 4 is 23.2 Å². The van der Waals surface area contributed by atoms with E-state index in [1.165, 1.54) is 6.92 Å². The number of carbonyl (C=O) groups excluding carboxylic acids is 2. The molecular formula is C18H20N2O2. The standard InChI is InChI=1S/C18H20N2O2/c1-3-20(17-7-5-4-6-8-17)18(22)13-15-9-11-16(12-10-15)19-14(2)21/h4-12H,3,13H2,1-2H3,(H,19,21). The van der Waals surface area contributed by atoms with Gasteiger partial charge in [-0.2, -0.15) is 0 Å². The molecule has 0 saturated heterocycles. The molecule has 0 aliphatic heterocycles. The van der Waals surface area contributed by atoms with E-state index in [-0.39, 0.29) is 11.8 Å². The second-order valence-electron chi connectivity index (χ2n) is 5.03. The number of hydrogen-bond acceptors (Lipinski definition) is 2. The fourth-order valence-corrected chi connectivity index (χ4v) is 2.29. The van der Waals surface area contributed by atoms with E-state index in [1.54, 1.807) is 4.90 Å². The molecule has 2 aromatic rings. The highest BCUT2D eigenvalue weighted by molar-refractivity contribution is 5.94. The number of carbonyl (C=O) groups is 2. The second-order valence-corrected chi connectivity index (χ2v) is 5.03. The van der Waals surface area contributed by atoms with E-state index in [0.717, 1.165) is 16.9 Å². The molecule has 0 bridgehead atoms. The first-order chi connectivity index (χ1) is 10.6. The number of nitrogens with zero attached hydrogens (tertiary/aromatic N) is 1. The number of amides is 2. The van der Waals surface area contributed by atoms with Crippen LogP contribution in [0.1, 0.15) is 19.4 Å². The fourth-order valence-electron chi connectivity index (χ4n) is 2.29. The van der Waals surface area contributed by atoms with E-state index in [0.29, 0.717) is 13.0 Å². The van der Waals surface area contributed by atoms with Crippen molar-refractivity contribution in [3.05, 3.63) is 60.2 Å². The summed E-state index contributed by atoms with van der Waals surface area (Å²) in [4.78, 5) is 25.2. The van der Waals surface area contributed by atoms with Crippen LogP contribution in [0.25, 0.3) is 0 Å². The molecule has 0 aliphatic rings. The monoisotopic (exact) mass is 296 g/mol. The number of likely N-dealkylation sites (N-methyl/N-ethyl adjacent to an activating group) is 1. The van der Waals surface area contributed by atoms with E-state index in [9.17, 15) is 9.59 Å². The highest BCUT2D eigenvalue weighted by Gasteiger charge is 2.14. The summed E-state index contributed by atoms with van der Waals surface area (Å²) in [5.41, 5.74) is 2.57. The molecule has 0 heterocycles. The topological polar surface area (TPSA) is 49.4 Å². The Morgan fingerprint density at radius 2 is 1.64 bits per heavy atom. The van der Waals surface area contributed by atoms with Gasteiger partial charge in [-0.1, -0.05) is 30.3 Å². The van der Waals surface area contributed by atoms with E-state index >= 15 is 0 Å². The summed E-state index contributed by atoms with van der Waals surface area (Å²) >= 11 is 0. The SMILES string of the molecule is CCN(C(=O)Cc1ccc(NC(C)=O)cc1)c1ccccc1. The van der Waals surface area contributed by atoms with E-state index in [4.69, 9.17) is 0 Å². The molecule has 2 rings (SSSR count). The lowest BCUT2D eigenvalue weighted by atomic mass is 10.1. The summed E-state index contributed by atoms with van der Waals surface area (Å²) in [6, 6.07) is 17.0. The molecule has 1 N–H and O–H groups in total. The molecule has 4 heteroatoms. The van der Waals surface area contributed by atoms with E-state index in [2.05, 4.69) is 5.32 Å². The first kappa shape index (κ1) is 15.8. The van der Waals surface area contributed by atoms with Gasteiger partial charge in [-0.15, -0.1) is 0 Å². The maximum atomic E-state index is 12.5. The van der Waals surface area contributed by atoms with Crippen LogP contribution in [0.15, 0.2) is 54.6 Å². The summed E-state index contributed by atoms with van der Waals surface area (Å²) in [6.45, 7) is 4.06. The minimum Gasteiger partial charge on any atom is -0.326 e. The van der Waals surface area contributed by atoms with Crippen molar-refractivity contribution in [3.8, 4) is 0 Å². The second kappa shape index (κ2) is 7.41. The number of hydrogen-bond donors (Lipinski definition) is 1. The minimum atomic E-state index is -0.106. The van der Waals surface area contributed by atoms with E-state index < -0.39 is 0 Å². The normalized spacial score (nSPS) is 10.1. The summed E-state index contributed by atoms with van der Waals surface area (Å²) < 4.78 is 0. The van der Waals surface area contributed by atoms with Crippen molar-refractivity contribution in [1.82, 2.24) is 0 Å². The lowest BCUT2D eigenvalue weighted by Gasteiger charge is -2.21. The third-order valence-electron chi connectivity index (χ3n) is 3.31. The average molecular weight is 296 g/mol. The third-order valence-corrected chi connectivity index (χ3v) is 3.31. The first-order valence-electron chi connectivity index (χ1n) is 7.32. The Kier molecular flexibility index (Phi) is 5.31. The van der Waals surface area contributed by atoms with Gasteiger partial charge in [0, 0.05) is 24.8 Å². The van der Waals surface area contributed by atoms with Crippen molar-refractivity contribution in [3.63, 3.8) is 0 Å². The number of nitrogens with one attached hydrogen (secondary N) is 1. The zero-order valence-electron chi connectivity index (χ0n) is 12.9. The van der Waals surface area contributed by atoms with Crippen LogP contribution in [0.2, 0.25) is 0 Å². The van der Waals surface area contributed by atoms with Crippen molar-refractivity contribution in [2.24, 2.45) is 0 Å². The maximum Gasteiger partial charge on any atom is 0.231 e. The van der Waals surface area contributed by atoms with Gasteiger partial charge in [0.25, 0.3) is 0 Å².